The van der Waals surface area contributed by atoms with Crippen molar-refractivity contribution in [3.05, 3.63) is 58.9 Å². The van der Waals surface area contributed by atoms with Gasteiger partial charge in [-0.3, -0.25) is 0 Å². The monoisotopic (exact) mass is 308 g/mol. The summed E-state index contributed by atoms with van der Waals surface area (Å²) in [6, 6.07) is 9.66. The summed E-state index contributed by atoms with van der Waals surface area (Å²) in [6.45, 7) is 3.60. The molecule has 2 rings (SSSR count). The third kappa shape index (κ3) is 3.40. The van der Waals surface area contributed by atoms with Crippen LogP contribution in [0.5, 0.6) is 0 Å². The molecule has 0 unspecified atom stereocenters. The van der Waals surface area contributed by atoms with Crippen LogP contribution in [0.2, 0.25) is 0 Å². The Morgan fingerprint density at radius 3 is 2.48 bits per heavy atom. The Morgan fingerprint density at radius 2 is 1.81 bits per heavy atom. The average molecular weight is 308 g/mol. The molecule has 0 amide bonds. The first kappa shape index (κ1) is 15.5. The molecule has 0 bridgehead atoms. The van der Waals surface area contributed by atoms with Crippen molar-refractivity contribution in [3.8, 4) is 0 Å². The molecule has 0 atom stereocenters. The molecule has 0 aliphatic carbocycles. The van der Waals surface area contributed by atoms with Crippen LogP contribution < -0.4 is 10.5 Å². The Balaban J connectivity index is 2.27. The Hall–Kier alpha value is -1.92. The van der Waals surface area contributed by atoms with Gasteiger partial charge >= 0.3 is 0 Å². The highest BCUT2D eigenvalue weighted by molar-refractivity contribution is 7.89. The number of halogens is 1. The minimum absolute atomic E-state index is 0.0994. The summed E-state index contributed by atoms with van der Waals surface area (Å²) in [5.41, 5.74) is 8.20. The van der Waals surface area contributed by atoms with Gasteiger partial charge < -0.3 is 5.73 Å². The number of rotatable bonds is 4. The van der Waals surface area contributed by atoms with Crippen molar-refractivity contribution in [1.29, 1.82) is 0 Å². The predicted molar refractivity (Wildman–Crippen MR) is 80.8 cm³/mol. The summed E-state index contributed by atoms with van der Waals surface area (Å²) in [5.74, 6) is -0.806. The molecule has 21 heavy (non-hydrogen) atoms. The minimum atomic E-state index is -3.95. The van der Waals surface area contributed by atoms with Crippen LogP contribution in [-0.4, -0.2) is 8.42 Å². The normalized spacial score (nSPS) is 11.6. The predicted octanol–water partition coefficient (Wildman–Crippen LogP) is 2.50. The van der Waals surface area contributed by atoms with Crippen molar-refractivity contribution < 1.29 is 12.8 Å². The largest absolute Gasteiger partial charge is 0.398 e. The zero-order chi connectivity index (χ0) is 15.6. The molecule has 2 aromatic rings. The molecule has 0 spiro atoms. The van der Waals surface area contributed by atoms with E-state index in [0.29, 0.717) is 5.56 Å². The number of aryl methyl sites for hydroxylation is 2. The van der Waals surface area contributed by atoms with E-state index >= 15 is 0 Å². The first-order valence-electron chi connectivity index (χ1n) is 6.41. The molecule has 0 aliphatic heterocycles. The SMILES string of the molecule is Cc1cc(F)c(S(=O)(=O)NCc2ccccc2C)cc1N. The topological polar surface area (TPSA) is 72.2 Å². The van der Waals surface area contributed by atoms with Gasteiger partial charge in [-0.05, 0) is 42.7 Å². The molecule has 0 aliphatic rings. The van der Waals surface area contributed by atoms with Gasteiger partial charge in [0.05, 0.1) is 0 Å². The van der Waals surface area contributed by atoms with Gasteiger partial charge in [-0.2, -0.15) is 0 Å². The Labute approximate surface area is 123 Å². The maximum atomic E-state index is 13.9. The van der Waals surface area contributed by atoms with Crippen LogP contribution in [0.3, 0.4) is 0 Å². The fraction of sp³-hybridized carbons (Fsp3) is 0.200. The highest BCUT2D eigenvalue weighted by Gasteiger charge is 2.20. The average Bonchev–Trinajstić information content (AvgIpc) is 2.42. The Morgan fingerprint density at radius 1 is 1.14 bits per heavy atom. The fourth-order valence-electron chi connectivity index (χ4n) is 1.93. The molecule has 4 nitrogen and oxygen atoms in total. The van der Waals surface area contributed by atoms with Crippen LogP contribution in [0, 0.1) is 19.7 Å². The van der Waals surface area contributed by atoms with E-state index in [9.17, 15) is 12.8 Å². The molecule has 0 saturated heterocycles. The number of anilines is 1. The first-order valence-corrected chi connectivity index (χ1v) is 7.89. The second-order valence-corrected chi connectivity index (χ2v) is 6.63. The first-order chi connectivity index (χ1) is 9.81. The molecule has 0 heterocycles. The van der Waals surface area contributed by atoms with Gasteiger partial charge in [0.2, 0.25) is 10.0 Å². The Bertz CT molecular complexity index is 773. The standard InChI is InChI=1S/C15H17FN2O2S/c1-10-5-3-4-6-12(10)9-18-21(19,20)15-8-14(17)11(2)7-13(15)16/h3-8,18H,9,17H2,1-2H3. The van der Waals surface area contributed by atoms with Gasteiger partial charge in [0, 0.05) is 12.2 Å². The number of nitrogens with one attached hydrogen (secondary N) is 1. The maximum Gasteiger partial charge on any atom is 0.243 e. The van der Waals surface area contributed by atoms with Crippen molar-refractivity contribution in [3.63, 3.8) is 0 Å². The van der Waals surface area contributed by atoms with Crippen LogP contribution in [0.1, 0.15) is 16.7 Å². The molecule has 0 saturated carbocycles. The third-order valence-corrected chi connectivity index (χ3v) is 4.74. The van der Waals surface area contributed by atoms with Crippen LogP contribution in [0.25, 0.3) is 0 Å². The van der Waals surface area contributed by atoms with Crippen LogP contribution in [-0.2, 0) is 16.6 Å². The second kappa shape index (κ2) is 5.83. The van der Waals surface area contributed by atoms with Crippen molar-refractivity contribution in [2.75, 3.05) is 5.73 Å². The molecular weight excluding hydrogens is 291 g/mol. The van der Waals surface area contributed by atoms with Crippen LogP contribution in [0.4, 0.5) is 10.1 Å². The van der Waals surface area contributed by atoms with Gasteiger partial charge in [0.25, 0.3) is 0 Å². The summed E-state index contributed by atoms with van der Waals surface area (Å²) in [5, 5.41) is 0. The van der Waals surface area contributed by atoms with Gasteiger partial charge in [0.1, 0.15) is 10.7 Å². The van der Waals surface area contributed by atoms with Gasteiger partial charge in [-0.25, -0.2) is 17.5 Å². The summed E-state index contributed by atoms with van der Waals surface area (Å²) < 4.78 is 40.6. The summed E-state index contributed by atoms with van der Waals surface area (Å²) in [4.78, 5) is -0.431. The number of hydrogen-bond acceptors (Lipinski definition) is 3. The van der Waals surface area contributed by atoms with E-state index in [0.717, 1.165) is 23.3 Å². The number of sulfonamides is 1. The lowest BCUT2D eigenvalue weighted by molar-refractivity contribution is 0.556. The molecule has 0 radical (unpaired) electrons. The Kier molecular flexibility index (Phi) is 4.29. The fourth-order valence-corrected chi connectivity index (χ4v) is 3.03. The number of benzene rings is 2. The van der Waals surface area contributed by atoms with E-state index in [1.807, 2.05) is 31.2 Å². The lowest BCUT2D eigenvalue weighted by Gasteiger charge is -2.11. The molecule has 6 heteroatoms. The number of nitrogen functional groups attached to an aromatic ring is 1. The van der Waals surface area contributed by atoms with Crippen LogP contribution in [0.15, 0.2) is 41.3 Å². The van der Waals surface area contributed by atoms with E-state index in [2.05, 4.69) is 4.72 Å². The summed E-state index contributed by atoms with van der Waals surface area (Å²) in [6.07, 6.45) is 0. The molecular formula is C15H17FN2O2S. The highest BCUT2D eigenvalue weighted by Crippen LogP contribution is 2.21. The maximum absolute atomic E-state index is 13.9. The number of hydrogen-bond donors (Lipinski definition) is 2. The van der Waals surface area contributed by atoms with Crippen LogP contribution >= 0.6 is 0 Å². The smallest absolute Gasteiger partial charge is 0.243 e. The molecule has 2 aromatic carbocycles. The molecule has 112 valence electrons. The molecule has 0 aromatic heterocycles. The van der Waals surface area contributed by atoms with E-state index in [4.69, 9.17) is 5.73 Å². The van der Waals surface area contributed by atoms with Crippen molar-refractivity contribution >= 4 is 15.7 Å². The second-order valence-electron chi connectivity index (χ2n) is 4.89. The quantitative estimate of drug-likeness (QED) is 0.852. The number of nitrogens with two attached hydrogens (primary N) is 1. The summed E-state index contributed by atoms with van der Waals surface area (Å²) in [7, 11) is -3.95. The lowest BCUT2D eigenvalue weighted by Crippen LogP contribution is -2.24. The van der Waals surface area contributed by atoms with E-state index in [1.54, 1.807) is 6.92 Å². The van der Waals surface area contributed by atoms with Gasteiger partial charge in [-0.15, -0.1) is 0 Å². The van der Waals surface area contributed by atoms with E-state index < -0.39 is 20.7 Å². The van der Waals surface area contributed by atoms with Crippen molar-refractivity contribution in [2.24, 2.45) is 0 Å². The van der Waals surface area contributed by atoms with E-state index in [1.165, 1.54) is 0 Å². The highest BCUT2D eigenvalue weighted by atomic mass is 32.2. The third-order valence-electron chi connectivity index (χ3n) is 3.32. The van der Waals surface area contributed by atoms with Crippen molar-refractivity contribution in [2.45, 2.75) is 25.3 Å². The van der Waals surface area contributed by atoms with Gasteiger partial charge in [0.15, 0.2) is 0 Å². The zero-order valence-electron chi connectivity index (χ0n) is 11.9. The van der Waals surface area contributed by atoms with Crippen molar-refractivity contribution in [1.82, 2.24) is 4.72 Å². The summed E-state index contributed by atoms with van der Waals surface area (Å²) >= 11 is 0. The van der Waals surface area contributed by atoms with E-state index in [-0.39, 0.29) is 12.2 Å². The van der Waals surface area contributed by atoms with Gasteiger partial charge in [-0.1, -0.05) is 24.3 Å². The molecule has 0 fully saturated rings. The molecule has 3 N–H and O–H groups in total. The minimum Gasteiger partial charge on any atom is -0.398 e. The zero-order valence-corrected chi connectivity index (χ0v) is 12.7. The lowest BCUT2D eigenvalue weighted by atomic mass is 10.1.